The Morgan fingerprint density at radius 2 is 1.80 bits per heavy atom. The van der Waals surface area contributed by atoms with Crippen molar-refractivity contribution in [3.63, 3.8) is 0 Å². The van der Waals surface area contributed by atoms with Crippen LogP contribution in [0.15, 0.2) is 40.9 Å². The summed E-state index contributed by atoms with van der Waals surface area (Å²) in [6.45, 7) is 0. The van der Waals surface area contributed by atoms with E-state index in [9.17, 15) is 14.7 Å². The van der Waals surface area contributed by atoms with Gasteiger partial charge in [0.05, 0.1) is 17.5 Å². The van der Waals surface area contributed by atoms with Crippen LogP contribution in [0.25, 0.3) is 0 Å². The number of halogens is 1. The molecule has 0 spiro atoms. The Labute approximate surface area is 125 Å². The molecule has 1 amide bonds. The van der Waals surface area contributed by atoms with Crippen LogP contribution in [0.5, 0.6) is 0 Å². The second-order valence-corrected chi connectivity index (χ2v) is 6.16. The third-order valence-corrected chi connectivity index (χ3v) is 4.87. The summed E-state index contributed by atoms with van der Waals surface area (Å²) < 4.78 is 0.791. The second-order valence-electron chi connectivity index (χ2n) is 5.31. The summed E-state index contributed by atoms with van der Waals surface area (Å²) in [6, 6.07) is 7.32. The molecule has 2 N–H and O–H groups in total. The fourth-order valence-corrected chi connectivity index (χ4v) is 3.68. The number of amides is 1. The number of nitrogens with one attached hydrogen (secondary N) is 1. The zero-order valence-electron chi connectivity index (χ0n) is 10.6. The Hall–Kier alpha value is -1.62. The summed E-state index contributed by atoms with van der Waals surface area (Å²) in [5.74, 6) is -2.13. The monoisotopic (exact) mass is 335 g/mol. The molecule has 0 saturated heterocycles. The highest BCUT2D eigenvalue weighted by atomic mass is 79.9. The molecular weight excluding hydrogens is 322 g/mol. The van der Waals surface area contributed by atoms with E-state index < -0.39 is 17.8 Å². The molecule has 0 unspecified atom stereocenters. The minimum Gasteiger partial charge on any atom is -0.481 e. The molecule has 20 heavy (non-hydrogen) atoms. The number of fused-ring (bicyclic) bond motifs is 2. The average molecular weight is 336 g/mol. The minimum atomic E-state index is -0.880. The summed E-state index contributed by atoms with van der Waals surface area (Å²) in [7, 11) is 0. The van der Waals surface area contributed by atoms with Gasteiger partial charge in [0.2, 0.25) is 5.91 Å². The molecule has 0 radical (unpaired) electrons. The van der Waals surface area contributed by atoms with Crippen LogP contribution in [0, 0.1) is 23.7 Å². The van der Waals surface area contributed by atoms with E-state index in [2.05, 4.69) is 21.2 Å². The number of hydrogen-bond donors (Lipinski definition) is 2. The van der Waals surface area contributed by atoms with Crippen LogP contribution in [-0.2, 0) is 9.59 Å². The van der Waals surface area contributed by atoms with E-state index in [1.54, 1.807) is 6.07 Å². The van der Waals surface area contributed by atoms with Crippen LogP contribution in [0.4, 0.5) is 5.69 Å². The summed E-state index contributed by atoms with van der Waals surface area (Å²) >= 11 is 3.37. The molecule has 1 fully saturated rings. The van der Waals surface area contributed by atoms with Gasteiger partial charge in [-0.3, -0.25) is 9.59 Å². The maximum Gasteiger partial charge on any atom is 0.307 e. The van der Waals surface area contributed by atoms with Crippen LogP contribution < -0.4 is 5.32 Å². The first-order valence-corrected chi connectivity index (χ1v) is 7.34. The molecule has 1 aromatic rings. The predicted molar refractivity (Wildman–Crippen MR) is 78.1 cm³/mol. The van der Waals surface area contributed by atoms with Gasteiger partial charge in [-0.15, -0.1) is 0 Å². The van der Waals surface area contributed by atoms with Crippen LogP contribution in [-0.4, -0.2) is 17.0 Å². The van der Waals surface area contributed by atoms with E-state index in [-0.39, 0.29) is 17.7 Å². The molecule has 2 aliphatic rings. The Balaban J connectivity index is 1.82. The summed E-state index contributed by atoms with van der Waals surface area (Å²) in [5.41, 5.74) is 0.674. The normalized spacial score (nSPS) is 30.4. The number of para-hydroxylation sites is 1. The molecule has 5 heteroatoms. The van der Waals surface area contributed by atoms with Gasteiger partial charge in [0, 0.05) is 4.47 Å². The molecule has 4 nitrogen and oxygen atoms in total. The number of carbonyl (C=O) groups is 2. The highest BCUT2D eigenvalue weighted by Gasteiger charge is 2.51. The van der Waals surface area contributed by atoms with Crippen molar-refractivity contribution in [1.82, 2.24) is 0 Å². The van der Waals surface area contributed by atoms with Crippen LogP contribution in [0.1, 0.15) is 6.42 Å². The number of anilines is 1. The zero-order valence-corrected chi connectivity index (χ0v) is 12.2. The molecule has 0 aromatic heterocycles. The SMILES string of the molecule is O=C(Nc1ccccc1Br)[C@@H]1[C@@H](C(=O)O)[C@H]2C=C[C@@H]1C2. The van der Waals surface area contributed by atoms with Crippen molar-refractivity contribution in [2.45, 2.75) is 6.42 Å². The Kier molecular flexibility index (Phi) is 3.38. The number of benzene rings is 1. The summed E-state index contributed by atoms with van der Waals surface area (Å²) in [5, 5.41) is 12.2. The van der Waals surface area contributed by atoms with Gasteiger partial charge in [-0.25, -0.2) is 0 Å². The van der Waals surface area contributed by atoms with E-state index in [0.717, 1.165) is 10.9 Å². The van der Waals surface area contributed by atoms with Crippen molar-refractivity contribution in [3.05, 3.63) is 40.9 Å². The fraction of sp³-hybridized carbons (Fsp3) is 0.333. The Morgan fingerprint density at radius 3 is 2.45 bits per heavy atom. The van der Waals surface area contributed by atoms with Crippen LogP contribution in [0.2, 0.25) is 0 Å². The number of carbonyl (C=O) groups excluding carboxylic acids is 1. The first kappa shape index (κ1) is 13.4. The molecule has 0 heterocycles. The lowest BCUT2D eigenvalue weighted by Gasteiger charge is -2.24. The fourth-order valence-electron chi connectivity index (χ4n) is 3.29. The van der Waals surface area contributed by atoms with Gasteiger partial charge in [-0.1, -0.05) is 24.3 Å². The van der Waals surface area contributed by atoms with E-state index in [1.165, 1.54) is 0 Å². The van der Waals surface area contributed by atoms with Gasteiger partial charge in [0.1, 0.15) is 0 Å². The van der Waals surface area contributed by atoms with E-state index in [0.29, 0.717) is 5.69 Å². The minimum absolute atomic E-state index is 0.00698. The van der Waals surface area contributed by atoms with Crippen molar-refractivity contribution in [2.24, 2.45) is 23.7 Å². The molecule has 104 valence electrons. The van der Waals surface area contributed by atoms with Gasteiger partial charge < -0.3 is 10.4 Å². The maximum absolute atomic E-state index is 12.4. The number of hydrogen-bond acceptors (Lipinski definition) is 2. The number of carboxylic acid groups (broad SMARTS) is 1. The number of rotatable bonds is 3. The highest BCUT2D eigenvalue weighted by Crippen LogP contribution is 2.48. The lowest BCUT2D eigenvalue weighted by Crippen LogP contribution is -2.36. The first-order valence-electron chi connectivity index (χ1n) is 6.54. The van der Waals surface area contributed by atoms with E-state index in [1.807, 2.05) is 30.4 Å². The third-order valence-electron chi connectivity index (χ3n) is 4.18. The number of aliphatic carboxylic acids is 1. The highest BCUT2D eigenvalue weighted by molar-refractivity contribution is 9.10. The first-order chi connectivity index (χ1) is 9.58. The topological polar surface area (TPSA) is 66.4 Å². The average Bonchev–Trinajstić information content (AvgIpc) is 3.01. The third kappa shape index (κ3) is 2.16. The quantitative estimate of drug-likeness (QED) is 0.834. The van der Waals surface area contributed by atoms with Crippen molar-refractivity contribution in [2.75, 3.05) is 5.32 Å². The maximum atomic E-state index is 12.4. The van der Waals surface area contributed by atoms with Gasteiger partial charge >= 0.3 is 5.97 Å². The number of allylic oxidation sites excluding steroid dienone is 2. The Bertz CT molecular complexity index is 599. The second kappa shape index (κ2) is 5.05. The molecule has 2 aliphatic carbocycles. The molecule has 0 aliphatic heterocycles. The largest absolute Gasteiger partial charge is 0.481 e. The van der Waals surface area contributed by atoms with Crippen molar-refractivity contribution in [3.8, 4) is 0 Å². The van der Waals surface area contributed by atoms with Gasteiger partial charge in [-0.05, 0) is 46.3 Å². The van der Waals surface area contributed by atoms with E-state index in [4.69, 9.17) is 0 Å². The molecule has 1 saturated carbocycles. The predicted octanol–water partition coefficient (Wildman–Crippen LogP) is 2.91. The zero-order chi connectivity index (χ0) is 14.3. The lowest BCUT2D eigenvalue weighted by molar-refractivity contribution is -0.146. The molecule has 1 aromatic carbocycles. The van der Waals surface area contributed by atoms with Crippen molar-refractivity contribution < 1.29 is 14.7 Å². The molecule has 2 bridgehead atoms. The molecular formula is C15H14BrNO3. The number of carboxylic acids is 1. The lowest BCUT2D eigenvalue weighted by atomic mass is 9.82. The smallest absolute Gasteiger partial charge is 0.307 e. The van der Waals surface area contributed by atoms with Gasteiger partial charge in [0.15, 0.2) is 0 Å². The van der Waals surface area contributed by atoms with Crippen molar-refractivity contribution in [1.29, 1.82) is 0 Å². The standard InChI is InChI=1S/C15H14BrNO3/c16-10-3-1-2-4-11(10)17-14(18)12-8-5-6-9(7-8)13(12)15(19)20/h1-6,8-9,12-13H,7H2,(H,17,18)(H,19,20)/t8-,9+,12+,13+/m1/s1. The Morgan fingerprint density at radius 1 is 1.15 bits per heavy atom. The van der Waals surface area contributed by atoms with Crippen molar-refractivity contribution >= 4 is 33.5 Å². The molecule has 3 rings (SSSR count). The molecule has 4 atom stereocenters. The van der Waals surface area contributed by atoms with Crippen LogP contribution >= 0.6 is 15.9 Å². The van der Waals surface area contributed by atoms with Crippen LogP contribution in [0.3, 0.4) is 0 Å². The summed E-state index contributed by atoms with van der Waals surface area (Å²) in [6.07, 6.45) is 4.69. The summed E-state index contributed by atoms with van der Waals surface area (Å²) in [4.78, 5) is 23.8. The van der Waals surface area contributed by atoms with Gasteiger partial charge in [-0.2, -0.15) is 0 Å². The van der Waals surface area contributed by atoms with E-state index >= 15 is 0 Å². The van der Waals surface area contributed by atoms with Gasteiger partial charge in [0.25, 0.3) is 0 Å².